The fraction of sp³-hybridized carbons (Fsp3) is 0.417. The molecule has 0 spiro atoms. The number of thioether (sulfide) groups is 1. The van der Waals surface area contributed by atoms with Crippen LogP contribution in [0.3, 0.4) is 0 Å². The van der Waals surface area contributed by atoms with Crippen LogP contribution in [0.5, 0.6) is 0 Å². The Labute approximate surface area is 199 Å². The summed E-state index contributed by atoms with van der Waals surface area (Å²) in [5.74, 6) is 0.663. The molecule has 2 aromatic carbocycles. The van der Waals surface area contributed by atoms with Gasteiger partial charge in [-0.3, -0.25) is 9.59 Å². The Morgan fingerprint density at radius 2 is 1.77 bits per heavy atom. The molecular formula is C24H30Cl2N2O2S. The van der Waals surface area contributed by atoms with Gasteiger partial charge in [-0.25, -0.2) is 0 Å². The number of amides is 2. The van der Waals surface area contributed by atoms with Crippen LogP contribution in [0.2, 0.25) is 10.0 Å². The minimum Gasteiger partial charge on any atom is -0.352 e. The van der Waals surface area contributed by atoms with Crippen molar-refractivity contribution in [1.29, 1.82) is 0 Å². The molecule has 2 rings (SSSR count). The van der Waals surface area contributed by atoms with Crippen molar-refractivity contribution in [2.75, 3.05) is 5.75 Å². The van der Waals surface area contributed by atoms with Gasteiger partial charge in [-0.15, -0.1) is 11.8 Å². The van der Waals surface area contributed by atoms with Gasteiger partial charge in [0.2, 0.25) is 11.8 Å². The third kappa shape index (κ3) is 8.06. The molecule has 0 aliphatic carbocycles. The lowest BCUT2D eigenvalue weighted by atomic mass is 10.1. The van der Waals surface area contributed by atoms with Crippen LogP contribution in [-0.4, -0.2) is 34.6 Å². The first-order valence-electron chi connectivity index (χ1n) is 10.4. The second-order valence-corrected chi connectivity index (χ2v) is 9.65. The van der Waals surface area contributed by atoms with Crippen LogP contribution in [0.15, 0.2) is 42.5 Å². The Bertz CT molecular complexity index is 888. The monoisotopic (exact) mass is 480 g/mol. The summed E-state index contributed by atoms with van der Waals surface area (Å²) in [5, 5.41) is 4.12. The summed E-state index contributed by atoms with van der Waals surface area (Å²) in [6, 6.07) is 12.9. The molecule has 0 unspecified atom stereocenters. The van der Waals surface area contributed by atoms with E-state index in [1.807, 2.05) is 58.0 Å². The van der Waals surface area contributed by atoms with Gasteiger partial charge in [0.1, 0.15) is 6.04 Å². The molecule has 0 saturated heterocycles. The largest absolute Gasteiger partial charge is 0.352 e. The van der Waals surface area contributed by atoms with Crippen LogP contribution in [-0.2, 0) is 21.9 Å². The Kier molecular flexibility index (Phi) is 10.2. The van der Waals surface area contributed by atoms with Gasteiger partial charge in [-0.1, -0.05) is 66.0 Å². The number of nitrogens with zero attached hydrogens (tertiary/aromatic N) is 1. The topological polar surface area (TPSA) is 49.4 Å². The summed E-state index contributed by atoms with van der Waals surface area (Å²) < 4.78 is 0. The molecule has 31 heavy (non-hydrogen) atoms. The highest BCUT2D eigenvalue weighted by atomic mass is 35.5. The van der Waals surface area contributed by atoms with Crippen molar-refractivity contribution >= 4 is 46.8 Å². The maximum atomic E-state index is 13.2. The summed E-state index contributed by atoms with van der Waals surface area (Å²) in [7, 11) is 0. The van der Waals surface area contributed by atoms with Crippen LogP contribution in [0, 0.1) is 6.92 Å². The van der Waals surface area contributed by atoms with Gasteiger partial charge in [0, 0.05) is 28.4 Å². The predicted octanol–water partition coefficient (Wildman–Crippen LogP) is 5.87. The molecular weight excluding hydrogens is 451 g/mol. The number of hydrogen-bond acceptors (Lipinski definition) is 3. The SMILES string of the molecule is CC[C@@H](C(=O)NC(C)C)N(Cc1ccc(C)cc1)C(=O)CSCc1ccc(Cl)cc1Cl. The molecule has 7 heteroatoms. The van der Waals surface area contributed by atoms with E-state index in [-0.39, 0.29) is 23.6 Å². The Hall–Kier alpha value is -1.69. The van der Waals surface area contributed by atoms with Crippen LogP contribution < -0.4 is 5.32 Å². The van der Waals surface area contributed by atoms with Crippen LogP contribution in [0.25, 0.3) is 0 Å². The fourth-order valence-electron chi connectivity index (χ4n) is 3.16. The highest BCUT2D eigenvalue weighted by Crippen LogP contribution is 2.25. The van der Waals surface area contributed by atoms with E-state index in [4.69, 9.17) is 23.2 Å². The predicted molar refractivity (Wildman–Crippen MR) is 132 cm³/mol. The van der Waals surface area contributed by atoms with Gasteiger partial charge in [0.05, 0.1) is 5.75 Å². The molecule has 0 radical (unpaired) electrons. The minimum absolute atomic E-state index is 0.0132. The Morgan fingerprint density at radius 1 is 1.10 bits per heavy atom. The van der Waals surface area contributed by atoms with Gasteiger partial charge >= 0.3 is 0 Å². The summed E-state index contributed by atoms with van der Waals surface area (Å²) in [6.07, 6.45) is 0.545. The van der Waals surface area contributed by atoms with Crippen molar-refractivity contribution < 1.29 is 9.59 Å². The number of nitrogens with one attached hydrogen (secondary N) is 1. The highest BCUT2D eigenvalue weighted by molar-refractivity contribution is 7.99. The normalized spacial score (nSPS) is 12.0. The number of aryl methyl sites for hydroxylation is 1. The molecule has 0 bridgehead atoms. The molecule has 4 nitrogen and oxygen atoms in total. The van der Waals surface area contributed by atoms with Gasteiger partial charge in [0.15, 0.2) is 0 Å². The number of carbonyl (C=O) groups excluding carboxylic acids is 2. The lowest BCUT2D eigenvalue weighted by molar-refractivity contribution is -0.139. The molecule has 1 atom stereocenters. The van der Waals surface area contributed by atoms with E-state index in [2.05, 4.69) is 5.32 Å². The van der Waals surface area contributed by atoms with E-state index in [0.29, 0.717) is 28.8 Å². The van der Waals surface area contributed by atoms with Crippen LogP contribution in [0.4, 0.5) is 0 Å². The summed E-state index contributed by atoms with van der Waals surface area (Å²) in [5.41, 5.74) is 3.08. The van der Waals surface area contributed by atoms with E-state index in [0.717, 1.165) is 16.7 Å². The smallest absolute Gasteiger partial charge is 0.243 e. The molecule has 0 heterocycles. The van der Waals surface area contributed by atoms with Crippen molar-refractivity contribution in [3.8, 4) is 0 Å². The number of benzene rings is 2. The average Bonchev–Trinajstić information content (AvgIpc) is 2.70. The zero-order chi connectivity index (χ0) is 23.0. The fourth-order valence-corrected chi connectivity index (χ4v) is 4.63. The molecule has 1 N–H and O–H groups in total. The first-order valence-corrected chi connectivity index (χ1v) is 12.3. The molecule has 0 aromatic heterocycles. The third-order valence-electron chi connectivity index (χ3n) is 4.79. The summed E-state index contributed by atoms with van der Waals surface area (Å²) >= 11 is 13.7. The van der Waals surface area contributed by atoms with E-state index >= 15 is 0 Å². The quantitative estimate of drug-likeness (QED) is 0.462. The van der Waals surface area contributed by atoms with Gasteiger partial charge in [0.25, 0.3) is 0 Å². The number of hydrogen-bond donors (Lipinski definition) is 1. The summed E-state index contributed by atoms with van der Waals surface area (Å²) in [4.78, 5) is 27.7. The Morgan fingerprint density at radius 3 is 2.35 bits per heavy atom. The molecule has 0 aliphatic rings. The number of carbonyl (C=O) groups is 2. The van der Waals surface area contributed by atoms with Crippen LogP contribution >= 0.6 is 35.0 Å². The van der Waals surface area contributed by atoms with Crippen LogP contribution in [0.1, 0.15) is 43.9 Å². The van der Waals surface area contributed by atoms with E-state index in [1.54, 1.807) is 17.0 Å². The lowest BCUT2D eigenvalue weighted by Gasteiger charge is -2.31. The second kappa shape index (κ2) is 12.4. The molecule has 168 valence electrons. The average molecular weight is 481 g/mol. The standard InChI is InChI=1S/C24H30Cl2N2O2S/c1-5-22(24(30)27-16(2)3)28(13-18-8-6-17(4)7-9-18)23(29)15-31-14-19-10-11-20(25)12-21(19)26/h6-12,16,22H,5,13-15H2,1-4H3,(H,27,30)/t22-/m0/s1. The van der Waals surface area contributed by atoms with Gasteiger partial charge in [-0.05, 0) is 50.5 Å². The molecule has 0 fully saturated rings. The highest BCUT2D eigenvalue weighted by Gasteiger charge is 2.28. The molecule has 2 aromatic rings. The van der Waals surface area contributed by atoms with Crippen molar-refractivity contribution in [3.63, 3.8) is 0 Å². The van der Waals surface area contributed by atoms with Crippen molar-refractivity contribution in [1.82, 2.24) is 10.2 Å². The lowest BCUT2D eigenvalue weighted by Crippen LogP contribution is -2.50. The molecule has 0 saturated carbocycles. The molecule has 2 amide bonds. The number of halogens is 2. The first kappa shape index (κ1) is 25.6. The zero-order valence-corrected chi connectivity index (χ0v) is 20.8. The summed E-state index contributed by atoms with van der Waals surface area (Å²) in [6.45, 7) is 8.19. The maximum Gasteiger partial charge on any atom is 0.243 e. The van der Waals surface area contributed by atoms with Crippen molar-refractivity contribution in [2.24, 2.45) is 0 Å². The van der Waals surface area contributed by atoms with Crippen molar-refractivity contribution in [2.45, 2.75) is 58.5 Å². The number of rotatable bonds is 10. The Balaban J connectivity index is 2.13. The zero-order valence-electron chi connectivity index (χ0n) is 18.5. The maximum absolute atomic E-state index is 13.2. The van der Waals surface area contributed by atoms with E-state index < -0.39 is 6.04 Å². The van der Waals surface area contributed by atoms with Crippen molar-refractivity contribution in [3.05, 3.63) is 69.2 Å². The second-order valence-electron chi connectivity index (χ2n) is 7.82. The third-order valence-corrected chi connectivity index (χ3v) is 6.34. The van der Waals surface area contributed by atoms with E-state index in [1.165, 1.54) is 11.8 Å². The minimum atomic E-state index is -0.518. The molecule has 0 aliphatic heterocycles. The van der Waals surface area contributed by atoms with Gasteiger partial charge in [-0.2, -0.15) is 0 Å². The first-order chi connectivity index (χ1) is 14.7. The van der Waals surface area contributed by atoms with E-state index in [9.17, 15) is 9.59 Å². The van der Waals surface area contributed by atoms with Gasteiger partial charge < -0.3 is 10.2 Å².